The molecular weight excluding hydrogens is 296 g/mol. The van der Waals surface area contributed by atoms with Crippen molar-refractivity contribution in [3.8, 4) is 0 Å². The van der Waals surface area contributed by atoms with E-state index < -0.39 is 5.97 Å². The maximum atomic E-state index is 11.0. The third kappa shape index (κ3) is 2.98. The lowest BCUT2D eigenvalue weighted by Gasteiger charge is -2.43. The lowest BCUT2D eigenvalue weighted by molar-refractivity contribution is 0.0697. The van der Waals surface area contributed by atoms with Crippen LogP contribution in [0, 0.1) is 6.07 Å². The number of fused-ring (bicyclic) bond motifs is 1. The van der Waals surface area contributed by atoms with Crippen molar-refractivity contribution in [2.75, 3.05) is 0 Å². The minimum Gasteiger partial charge on any atom is -0.478 e. The molecule has 2 heteroatoms. The molecule has 0 aromatic heterocycles. The van der Waals surface area contributed by atoms with Crippen molar-refractivity contribution in [1.29, 1.82) is 0 Å². The maximum absolute atomic E-state index is 11.0. The second kappa shape index (κ2) is 5.77. The van der Waals surface area contributed by atoms with Crippen LogP contribution in [0.25, 0.3) is 0 Å². The van der Waals surface area contributed by atoms with Gasteiger partial charge in [-0.3, -0.25) is 0 Å². The van der Waals surface area contributed by atoms with Gasteiger partial charge in [-0.2, -0.15) is 0 Å². The summed E-state index contributed by atoms with van der Waals surface area (Å²) in [6.07, 6.45) is 3.17. The first-order valence-corrected chi connectivity index (χ1v) is 8.57. The molecule has 0 bridgehead atoms. The van der Waals surface area contributed by atoms with Gasteiger partial charge in [-0.1, -0.05) is 52.0 Å². The molecule has 1 N–H and O–H groups in total. The molecule has 1 radical (unpaired) electrons. The summed E-state index contributed by atoms with van der Waals surface area (Å²) in [7, 11) is 0. The first-order chi connectivity index (χ1) is 11.2. The molecule has 0 spiro atoms. The van der Waals surface area contributed by atoms with Crippen LogP contribution >= 0.6 is 0 Å². The first kappa shape index (κ1) is 16.8. The predicted octanol–water partition coefficient (Wildman–Crippen LogP) is 5.12. The molecule has 0 amide bonds. The van der Waals surface area contributed by atoms with Crippen LogP contribution in [0.5, 0.6) is 0 Å². The Labute approximate surface area is 144 Å². The van der Waals surface area contributed by atoms with E-state index in [0.717, 1.165) is 12.0 Å². The largest absolute Gasteiger partial charge is 0.478 e. The van der Waals surface area contributed by atoms with Crippen LogP contribution in [0.2, 0.25) is 0 Å². The zero-order valence-corrected chi connectivity index (χ0v) is 14.9. The van der Waals surface area contributed by atoms with Crippen LogP contribution in [-0.2, 0) is 17.3 Å². The van der Waals surface area contributed by atoms with Gasteiger partial charge < -0.3 is 5.11 Å². The van der Waals surface area contributed by atoms with Gasteiger partial charge in [0.05, 0.1) is 5.56 Å². The van der Waals surface area contributed by atoms with Crippen molar-refractivity contribution >= 4 is 5.97 Å². The van der Waals surface area contributed by atoms with Crippen LogP contribution in [0.3, 0.4) is 0 Å². The Hall–Kier alpha value is -2.09. The highest BCUT2D eigenvalue weighted by atomic mass is 16.4. The summed E-state index contributed by atoms with van der Waals surface area (Å²) >= 11 is 0. The fourth-order valence-corrected chi connectivity index (χ4v) is 3.87. The van der Waals surface area contributed by atoms with Crippen molar-refractivity contribution in [1.82, 2.24) is 0 Å². The topological polar surface area (TPSA) is 37.3 Å². The summed E-state index contributed by atoms with van der Waals surface area (Å²) < 4.78 is 0. The van der Waals surface area contributed by atoms with Gasteiger partial charge in [0.15, 0.2) is 0 Å². The van der Waals surface area contributed by atoms with Gasteiger partial charge in [0, 0.05) is 0 Å². The highest BCUT2D eigenvalue weighted by molar-refractivity contribution is 5.87. The number of benzene rings is 2. The lowest BCUT2D eigenvalue weighted by atomic mass is 9.61. The van der Waals surface area contributed by atoms with Gasteiger partial charge in [0.25, 0.3) is 0 Å². The standard InChI is InChI=1S/C22H25O2/c1-21(2)12-13-22(3,4)19-17(6-5-7-18(19)21)14-15-8-10-16(11-9-15)20(23)24/h5,7-11H,12-14H2,1-4H3,(H,23,24). The Morgan fingerprint density at radius 1 is 1.04 bits per heavy atom. The molecule has 1 aliphatic rings. The van der Waals surface area contributed by atoms with E-state index in [9.17, 15) is 4.79 Å². The number of aromatic carboxylic acids is 1. The number of carboxylic acids is 1. The smallest absolute Gasteiger partial charge is 0.335 e. The molecule has 24 heavy (non-hydrogen) atoms. The molecule has 3 rings (SSSR count). The van der Waals surface area contributed by atoms with Gasteiger partial charge in [-0.15, -0.1) is 0 Å². The minimum absolute atomic E-state index is 0.152. The molecule has 0 saturated carbocycles. The van der Waals surface area contributed by atoms with Crippen molar-refractivity contribution in [2.24, 2.45) is 0 Å². The molecule has 2 aromatic carbocycles. The quantitative estimate of drug-likeness (QED) is 0.851. The van der Waals surface area contributed by atoms with Crippen molar-refractivity contribution < 1.29 is 9.90 Å². The molecule has 0 atom stereocenters. The summed E-state index contributed by atoms with van der Waals surface area (Å²) in [5.41, 5.74) is 5.93. The van der Waals surface area contributed by atoms with E-state index in [1.165, 1.54) is 29.5 Å². The predicted molar refractivity (Wildman–Crippen MR) is 96.8 cm³/mol. The third-order valence-electron chi connectivity index (χ3n) is 5.44. The van der Waals surface area contributed by atoms with Gasteiger partial charge >= 0.3 is 5.97 Å². The summed E-state index contributed by atoms with van der Waals surface area (Å²) in [6, 6.07) is 14.9. The SMILES string of the molecule is CC1(C)CCC(C)(C)c2c(Cc3ccc(C(=O)O)cc3)[c]ccc21. The minimum atomic E-state index is -0.881. The highest BCUT2D eigenvalue weighted by Crippen LogP contribution is 2.47. The molecule has 0 unspecified atom stereocenters. The lowest BCUT2D eigenvalue weighted by Crippen LogP contribution is -2.35. The Morgan fingerprint density at radius 2 is 1.67 bits per heavy atom. The molecular formula is C22H25O2. The van der Waals surface area contributed by atoms with Crippen LogP contribution in [0.15, 0.2) is 36.4 Å². The van der Waals surface area contributed by atoms with E-state index in [0.29, 0.717) is 5.56 Å². The molecule has 2 nitrogen and oxygen atoms in total. The third-order valence-corrected chi connectivity index (χ3v) is 5.44. The Bertz CT molecular complexity index is 767. The summed E-state index contributed by atoms with van der Waals surface area (Å²) in [5.74, 6) is -0.881. The normalized spacial score (nSPS) is 18.0. The van der Waals surface area contributed by atoms with Gasteiger partial charge in [0.2, 0.25) is 0 Å². The van der Waals surface area contributed by atoms with E-state index in [1.54, 1.807) is 12.1 Å². The zero-order chi connectivity index (χ0) is 17.5. The summed E-state index contributed by atoms with van der Waals surface area (Å²) in [5, 5.41) is 9.04. The second-order valence-corrected chi connectivity index (χ2v) is 8.19. The molecule has 1 aliphatic carbocycles. The van der Waals surface area contributed by atoms with Gasteiger partial charge in [-0.05, 0) is 70.5 Å². The monoisotopic (exact) mass is 321 g/mol. The molecule has 2 aromatic rings. The van der Waals surface area contributed by atoms with E-state index in [-0.39, 0.29) is 10.8 Å². The van der Waals surface area contributed by atoms with Crippen molar-refractivity contribution in [3.63, 3.8) is 0 Å². The fraction of sp³-hybridized carbons (Fsp3) is 0.409. The average Bonchev–Trinajstić information content (AvgIpc) is 2.52. The van der Waals surface area contributed by atoms with Crippen LogP contribution < -0.4 is 0 Å². The van der Waals surface area contributed by atoms with E-state index in [2.05, 4.69) is 39.8 Å². The van der Waals surface area contributed by atoms with Crippen LogP contribution in [0.4, 0.5) is 0 Å². The fourth-order valence-electron chi connectivity index (χ4n) is 3.87. The summed E-state index contributed by atoms with van der Waals surface area (Å²) in [6.45, 7) is 9.30. The Balaban J connectivity index is 2.02. The van der Waals surface area contributed by atoms with E-state index >= 15 is 0 Å². The second-order valence-electron chi connectivity index (χ2n) is 8.19. The van der Waals surface area contributed by atoms with Crippen molar-refractivity contribution in [3.05, 3.63) is 70.3 Å². The molecule has 0 saturated heterocycles. The Kier molecular flexibility index (Phi) is 4.03. The molecule has 0 aliphatic heterocycles. The van der Waals surface area contributed by atoms with Crippen LogP contribution in [0.1, 0.15) is 73.1 Å². The first-order valence-electron chi connectivity index (χ1n) is 8.57. The van der Waals surface area contributed by atoms with Crippen molar-refractivity contribution in [2.45, 2.75) is 57.8 Å². The Morgan fingerprint density at radius 3 is 2.29 bits per heavy atom. The number of hydrogen-bond donors (Lipinski definition) is 1. The van der Waals surface area contributed by atoms with Crippen LogP contribution in [-0.4, -0.2) is 11.1 Å². The average molecular weight is 321 g/mol. The number of rotatable bonds is 3. The maximum Gasteiger partial charge on any atom is 0.335 e. The number of carboxylic acid groups (broad SMARTS) is 1. The number of hydrogen-bond acceptors (Lipinski definition) is 1. The van der Waals surface area contributed by atoms with E-state index in [1.807, 2.05) is 18.2 Å². The van der Waals surface area contributed by atoms with Gasteiger partial charge in [0.1, 0.15) is 0 Å². The molecule has 0 heterocycles. The van der Waals surface area contributed by atoms with Gasteiger partial charge in [-0.25, -0.2) is 4.79 Å². The van der Waals surface area contributed by atoms with E-state index in [4.69, 9.17) is 5.11 Å². The molecule has 125 valence electrons. The summed E-state index contributed by atoms with van der Waals surface area (Å²) in [4.78, 5) is 11.0. The zero-order valence-electron chi connectivity index (χ0n) is 14.9. The highest BCUT2D eigenvalue weighted by Gasteiger charge is 2.38. The molecule has 0 fully saturated rings. The number of carbonyl (C=O) groups is 1.